The summed E-state index contributed by atoms with van der Waals surface area (Å²) >= 11 is 1.88. The number of rotatable bonds is 1. The summed E-state index contributed by atoms with van der Waals surface area (Å²) in [6, 6.07) is 5.97. The van der Waals surface area contributed by atoms with Crippen LogP contribution in [0, 0.1) is 43.6 Å². The molecule has 0 atom stereocenters. The first kappa shape index (κ1) is 12.1. The average Bonchev–Trinajstić information content (AvgIpc) is 2.29. The normalized spacial score (nSPS) is 7.31. The van der Waals surface area contributed by atoms with Crippen LogP contribution >= 0.6 is 22.6 Å². The Labute approximate surface area is 107 Å². The van der Waals surface area contributed by atoms with Gasteiger partial charge >= 0.3 is 0 Å². The van der Waals surface area contributed by atoms with Gasteiger partial charge in [-0.3, -0.25) is 10.1 Å². The van der Waals surface area contributed by atoms with E-state index in [0.29, 0.717) is 5.56 Å². The fourth-order valence-electron chi connectivity index (χ4n) is 0.856. The van der Waals surface area contributed by atoms with Gasteiger partial charge in [0.05, 0.1) is 4.92 Å². The lowest BCUT2D eigenvalue weighted by Gasteiger charge is -1.90. The van der Waals surface area contributed by atoms with Crippen molar-refractivity contribution < 1.29 is 4.92 Å². The van der Waals surface area contributed by atoms with Crippen LogP contribution in [0.1, 0.15) is 5.56 Å². The van der Waals surface area contributed by atoms with E-state index < -0.39 is 4.92 Å². The maximum Gasteiger partial charge on any atom is 0.269 e. The zero-order chi connectivity index (χ0) is 11.8. The van der Waals surface area contributed by atoms with Crippen molar-refractivity contribution >= 4 is 28.3 Å². The Hall–Kier alpha value is -1.97. The SMILES string of the molecule is O=[N+]([O-])c1ccc(C#CC#CC#CI)cc1. The van der Waals surface area contributed by atoms with Gasteiger partial charge in [-0.25, -0.2) is 0 Å². The van der Waals surface area contributed by atoms with Crippen molar-refractivity contribution in [2.45, 2.75) is 0 Å². The number of nitro groups is 1. The van der Waals surface area contributed by atoms with E-state index in [1.807, 2.05) is 22.6 Å². The molecule has 76 valence electrons. The Balaban J connectivity index is 2.79. The number of nitro benzene ring substituents is 1. The third-order valence-electron chi connectivity index (χ3n) is 1.52. The molecule has 0 saturated heterocycles. The lowest BCUT2D eigenvalue weighted by molar-refractivity contribution is -0.384. The highest BCUT2D eigenvalue weighted by Crippen LogP contribution is 2.10. The highest BCUT2D eigenvalue weighted by atomic mass is 127. The van der Waals surface area contributed by atoms with E-state index in [1.165, 1.54) is 12.1 Å². The second-order valence-electron chi connectivity index (χ2n) is 2.52. The molecule has 0 saturated carbocycles. The van der Waals surface area contributed by atoms with Crippen molar-refractivity contribution in [2.75, 3.05) is 0 Å². The number of halogens is 1. The number of benzene rings is 1. The van der Waals surface area contributed by atoms with Crippen molar-refractivity contribution in [3.05, 3.63) is 39.9 Å². The number of hydrogen-bond donors (Lipinski definition) is 0. The van der Waals surface area contributed by atoms with Crippen LogP contribution in [0.2, 0.25) is 0 Å². The monoisotopic (exact) mass is 321 g/mol. The molecule has 4 heteroatoms. The molecule has 0 aliphatic carbocycles. The van der Waals surface area contributed by atoms with E-state index in [2.05, 4.69) is 33.5 Å². The third kappa shape index (κ3) is 4.04. The minimum atomic E-state index is -0.451. The van der Waals surface area contributed by atoms with E-state index in [9.17, 15) is 10.1 Å². The molecule has 0 radical (unpaired) electrons. The van der Waals surface area contributed by atoms with Crippen LogP contribution in [0.15, 0.2) is 24.3 Å². The minimum absolute atomic E-state index is 0.0485. The Kier molecular flexibility index (Phi) is 4.92. The molecule has 0 spiro atoms. The second-order valence-corrected chi connectivity index (χ2v) is 3.06. The van der Waals surface area contributed by atoms with E-state index >= 15 is 0 Å². The quantitative estimate of drug-likeness (QED) is 0.345. The molecular formula is C12H4INO2. The van der Waals surface area contributed by atoms with E-state index in [1.54, 1.807) is 12.1 Å². The summed E-state index contributed by atoms with van der Waals surface area (Å²) in [5, 5.41) is 10.4. The van der Waals surface area contributed by atoms with Gasteiger partial charge in [-0.15, -0.1) is 0 Å². The zero-order valence-electron chi connectivity index (χ0n) is 7.95. The Morgan fingerprint density at radius 2 is 1.69 bits per heavy atom. The lowest BCUT2D eigenvalue weighted by atomic mass is 10.2. The lowest BCUT2D eigenvalue weighted by Crippen LogP contribution is -1.86. The van der Waals surface area contributed by atoms with Crippen molar-refractivity contribution in [1.82, 2.24) is 0 Å². The smallest absolute Gasteiger partial charge is 0.258 e. The first-order valence-electron chi connectivity index (χ1n) is 4.10. The Bertz CT molecular complexity index is 571. The van der Waals surface area contributed by atoms with Crippen LogP contribution in [-0.2, 0) is 0 Å². The summed E-state index contributed by atoms with van der Waals surface area (Å²) in [6.45, 7) is 0. The van der Waals surface area contributed by atoms with Crippen molar-refractivity contribution in [2.24, 2.45) is 0 Å². The van der Waals surface area contributed by atoms with Crippen LogP contribution in [0.25, 0.3) is 0 Å². The van der Waals surface area contributed by atoms with Gasteiger partial charge in [-0.1, -0.05) is 5.92 Å². The van der Waals surface area contributed by atoms with Gasteiger partial charge in [0, 0.05) is 40.3 Å². The Morgan fingerprint density at radius 3 is 2.25 bits per heavy atom. The average molecular weight is 321 g/mol. The van der Waals surface area contributed by atoms with Gasteiger partial charge < -0.3 is 0 Å². The second kappa shape index (κ2) is 6.50. The third-order valence-corrected chi connectivity index (χ3v) is 1.79. The molecule has 16 heavy (non-hydrogen) atoms. The highest BCUT2D eigenvalue weighted by Gasteiger charge is 2.01. The van der Waals surface area contributed by atoms with E-state index in [0.717, 1.165) is 0 Å². The summed E-state index contributed by atoms with van der Waals surface area (Å²) in [4.78, 5) is 9.92. The van der Waals surface area contributed by atoms with Crippen molar-refractivity contribution in [3.63, 3.8) is 0 Å². The summed E-state index contributed by atoms with van der Waals surface area (Å²) < 4.78 is 2.59. The molecule has 0 N–H and O–H groups in total. The minimum Gasteiger partial charge on any atom is -0.258 e. The summed E-state index contributed by atoms with van der Waals surface area (Å²) in [6.07, 6.45) is 0. The van der Waals surface area contributed by atoms with Gasteiger partial charge in [0.2, 0.25) is 0 Å². The molecule has 1 aromatic rings. The first-order valence-corrected chi connectivity index (χ1v) is 5.18. The fraction of sp³-hybridized carbons (Fsp3) is 0. The van der Waals surface area contributed by atoms with Crippen molar-refractivity contribution in [1.29, 1.82) is 0 Å². The molecule has 0 bridgehead atoms. The molecule has 0 aliphatic heterocycles. The largest absolute Gasteiger partial charge is 0.269 e. The number of nitrogens with zero attached hydrogens (tertiary/aromatic N) is 1. The number of non-ortho nitro benzene ring substituents is 1. The van der Waals surface area contributed by atoms with Crippen LogP contribution < -0.4 is 0 Å². The van der Waals surface area contributed by atoms with Crippen LogP contribution in [0.4, 0.5) is 5.69 Å². The molecule has 0 aromatic heterocycles. The maximum atomic E-state index is 10.4. The van der Waals surface area contributed by atoms with Gasteiger partial charge in [-0.05, 0) is 39.7 Å². The first-order chi connectivity index (χ1) is 7.74. The summed E-state index contributed by atoms with van der Waals surface area (Å²) in [7, 11) is 0. The van der Waals surface area contributed by atoms with Gasteiger partial charge in [0.25, 0.3) is 5.69 Å². The predicted molar refractivity (Wildman–Crippen MR) is 69.5 cm³/mol. The molecule has 0 aliphatic rings. The summed E-state index contributed by atoms with van der Waals surface area (Å²) in [5.74, 6) is 13.0. The summed E-state index contributed by atoms with van der Waals surface area (Å²) in [5.41, 5.74) is 0.731. The van der Waals surface area contributed by atoms with Crippen LogP contribution in [0.3, 0.4) is 0 Å². The Morgan fingerprint density at radius 1 is 1.06 bits per heavy atom. The van der Waals surface area contributed by atoms with Gasteiger partial charge in [-0.2, -0.15) is 0 Å². The molecule has 0 amide bonds. The van der Waals surface area contributed by atoms with Crippen LogP contribution in [-0.4, -0.2) is 4.92 Å². The number of hydrogen-bond acceptors (Lipinski definition) is 2. The molecule has 0 fully saturated rings. The topological polar surface area (TPSA) is 43.1 Å². The fourth-order valence-corrected chi connectivity index (χ4v) is 0.991. The van der Waals surface area contributed by atoms with Gasteiger partial charge in [0.15, 0.2) is 0 Å². The maximum absolute atomic E-state index is 10.4. The molecular weight excluding hydrogens is 317 g/mol. The zero-order valence-corrected chi connectivity index (χ0v) is 10.1. The molecule has 0 heterocycles. The molecule has 0 unspecified atom stereocenters. The van der Waals surface area contributed by atoms with Gasteiger partial charge in [0.1, 0.15) is 0 Å². The van der Waals surface area contributed by atoms with E-state index in [4.69, 9.17) is 0 Å². The molecule has 1 rings (SSSR count). The van der Waals surface area contributed by atoms with Crippen molar-refractivity contribution in [3.8, 4) is 33.5 Å². The molecule has 3 nitrogen and oxygen atoms in total. The molecule has 1 aromatic carbocycles. The van der Waals surface area contributed by atoms with E-state index in [-0.39, 0.29) is 5.69 Å². The predicted octanol–water partition coefficient (Wildman–Crippen LogP) is 2.35. The standard InChI is InChI=1S/C12H4INO2/c13-10-4-2-1-3-5-11-6-8-12(9-7-11)14(15)16/h6-9H. The highest BCUT2D eigenvalue weighted by molar-refractivity contribution is 14.1. The van der Waals surface area contributed by atoms with Crippen LogP contribution in [0.5, 0.6) is 0 Å².